The predicted octanol–water partition coefficient (Wildman–Crippen LogP) is 6.67. The van der Waals surface area contributed by atoms with Crippen molar-refractivity contribution in [2.75, 3.05) is 0 Å². The third-order valence-corrected chi connectivity index (χ3v) is 6.65. The van der Waals surface area contributed by atoms with Crippen molar-refractivity contribution in [1.82, 2.24) is 14.5 Å². The molecule has 1 atom stereocenters. The van der Waals surface area contributed by atoms with E-state index in [1.807, 2.05) is 57.4 Å². The molecule has 0 aliphatic carbocycles. The number of fused-ring (bicyclic) bond motifs is 1. The van der Waals surface area contributed by atoms with Crippen molar-refractivity contribution in [1.29, 1.82) is 0 Å². The van der Waals surface area contributed by atoms with E-state index in [1.54, 1.807) is 12.1 Å². The zero-order valence-electron chi connectivity index (χ0n) is 24.0. The molecule has 0 fully saturated rings. The molecule has 2 aromatic heterocycles. The lowest BCUT2D eigenvalue weighted by atomic mass is 10.0. The molecule has 0 spiro atoms. The molecule has 8 heteroatoms. The van der Waals surface area contributed by atoms with Gasteiger partial charge in [0, 0.05) is 6.42 Å². The number of aromatic nitrogens is 3. The van der Waals surface area contributed by atoms with Gasteiger partial charge in [0.15, 0.2) is 11.3 Å². The van der Waals surface area contributed by atoms with E-state index in [4.69, 9.17) is 14.5 Å². The van der Waals surface area contributed by atoms with Crippen LogP contribution in [0.5, 0.6) is 0 Å². The molecule has 210 valence electrons. The summed E-state index contributed by atoms with van der Waals surface area (Å²) < 4.78 is 13.8. The Morgan fingerprint density at radius 2 is 1.73 bits per heavy atom. The number of nitrogens with zero attached hydrogens (tertiary/aromatic N) is 3. The Hall–Kier alpha value is -4.04. The van der Waals surface area contributed by atoms with E-state index in [-0.39, 0.29) is 24.4 Å². The highest BCUT2D eigenvalue weighted by Crippen LogP contribution is 2.26. The van der Waals surface area contributed by atoms with Gasteiger partial charge in [0.1, 0.15) is 16.9 Å². The number of carbonyl (C=O) groups excluding carboxylic acids is 1. The first kappa shape index (κ1) is 29.0. The predicted molar refractivity (Wildman–Crippen MR) is 154 cm³/mol. The summed E-state index contributed by atoms with van der Waals surface area (Å²) in [6.07, 6.45) is 1.32. The first-order valence-corrected chi connectivity index (χ1v) is 13.6. The minimum Gasteiger partial charge on any atom is -0.477 e. The van der Waals surface area contributed by atoms with Gasteiger partial charge in [0.05, 0.1) is 24.8 Å². The minimum atomic E-state index is -1.06. The summed E-state index contributed by atoms with van der Waals surface area (Å²) in [6.45, 7) is 12.3. The molecule has 0 amide bonds. The zero-order valence-corrected chi connectivity index (χ0v) is 24.0. The van der Waals surface area contributed by atoms with Crippen LogP contribution >= 0.6 is 0 Å². The summed E-state index contributed by atoms with van der Waals surface area (Å²) in [5.41, 5.74) is 4.92. The number of hydrogen-bond acceptors (Lipinski definition) is 6. The molecule has 4 rings (SSSR count). The molecule has 2 aromatic carbocycles. The van der Waals surface area contributed by atoms with Crippen LogP contribution in [0.25, 0.3) is 11.2 Å². The van der Waals surface area contributed by atoms with Crippen LogP contribution < -0.4 is 0 Å². The average Bonchev–Trinajstić information content (AvgIpc) is 3.27. The number of imidazole rings is 1. The molecule has 0 saturated carbocycles. The van der Waals surface area contributed by atoms with Gasteiger partial charge in [-0.3, -0.25) is 0 Å². The van der Waals surface area contributed by atoms with Gasteiger partial charge in [-0.25, -0.2) is 19.6 Å². The molecule has 4 aromatic rings. The first-order chi connectivity index (χ1) is 19.0. The van der Waals surface area contributed by atoms with Crippen molar-refractivity contribution in [3.05, 3.63) is 93.9 Å². The van der Waals surface area contributed by atoms with Crippen molar-refractivity contribution in [2.45, 2.75) is 79.2 Å². The van der Waals surface area contributed by atoms with Crippen molar-refractivity contribution < 1.29 is 24.2 Å². The third-order valence-electron chi connectivity index (χ3n) is 6.65. The Labute approximate surface area is 235 Å². The molecule has 8 nitrogen and oxygen atoms in total. The minimum absolute atomic E-state index is 0.0142. The van der Waals surface area contributed by atoms with Crippen molar-refractivity contribution in [2.24, 2.45) is 0 Å². The number of aryl methyl sites for hydroxylation is 2. The largest absolute Gasteiger partial charge is 0.477 e. The molecule has 0 aliphatic heterocycles. The number of ether oxygens (including phenoxy) is 2. The average molecular weight is 544 g/mol. The van der Waals surface area contributed by atoms with E-state index in [1.165, 1.54) is 0 Å². The molecule has 0 radical (unpaired) electrons. The highest BCUT2D eigenvalue weighted by Gasteiger charge is 2.21. The highest BCUT2D eigenvalue weighted by molar-refractivity contribution is 5.91. The number of carboxylic acids is 1. The fraction of sp³-hybridized carbons (Fsp3) is 0.375. The zero-order chi connectivity index (χ0) is 29.0. The third kappa shape index (κ3) is 6.57. The van der Waals surface area contributed by atoms with Gasteiger partial charge in [0.25, 0.3) is 0 Å². The maximum absolute atomic E-state index is 12.7. The van der Waals surface area contributed by atoms with E-state index in [0.717, 1.165) is 40.0 Å². The number of pyridine rings is 1. The topological polar surface area (TPSA) is 104 Å². The van der Waals surface area contributed by atoms with Crippen LogP contribution in [0.15, 0.2) is 54.6 Å². The fourth-order valence-corrected chi connectivity index (χ4v) is 4.67. The number of esters is 1. The van der Waals surface area contributed by atoms with Crippen molar-refractivity contribution in [3.63, 3.8) is 0 Å². The molecule has 0 bridgehead atoms. The van der Waals surface area contributed by atoms with Crippen LogP contribution in [0.4, 0.5) is 0 Å². The van der Waals surface area contributed by atoms with Crippen molar-refractivity contribution >= 4 is 23.1 Å². The van der Waals surface area contributed by atoms with Crippen LogP contribution in [0.3, 0.4) is 0 Å². The fourth-order valence-electron chi connectivity index (χ4n) is 4.67. The summed E-state index contributed by atoms with van der Waals surface area (Å²) in [5, 5.41) is 9.50. The Morgan fingerprint density at radius 1 is 1.02 bits per heavy atom. The molecule has 0 aliphatic rings. The summed E-state index contributed by atoms with van der Waals surface area (Å²) in [7, 11) is 0. The molecule has 1 unspecified atom stereocenters. The lowest BCUT2D eigenvalue weighted by Crippen LogP contribution is -2.24. The summed E-state index contributed by atoms with van der Waals surface area (Å²) in [5.74, 6) is -0.558. The Morgan fingerprint density at radius 3 is 2.35 bits per heavy atom. The van der Waals surface area contributed by atoms with Gasteiger partial charge >= 0.3 is 11.9 Å². The van der Waals surface area contributed by atoms with E-state index in [2.05, 4.69) is 36.2 Å². The second-order valence-corrected chi connectivity index (χ2v) is 10.9. The van der Waals surface area contributed by atoms with Gasteiger partial charge < -0.3 is 19.1 Å². The number of benzene rings is 2. The molecule has 2 heterocycles. The van der Waals surface area contributed by atoms with Gasteiger partial charge in [-0.15, -0.1) is 0 Å². The molecule has 40 heavy (non-hydrogen) atoms. The second kappa shape index (κ2) is 12.0. The Balaban J connectivity index is 1.52. The lowest BCUT2D eigenvalue weighted by molar-refractivity contribution is 0.00550. The number of carbonyl (C=O) groups is 2. The molecule has 0 saturated heterocycles. The van der Waals surface area contributed by atoms with Crippen LogP contribution in [0.1, 0.15) is 96.1 Å². The maximum Gasteiger partial charge on any atom is 0.354 e. The Bertz CT molecular complexity index is 1520. The van der Waals surface area contributed by atoms with Crippen LogP contribution in [0.2, 0.25) is 0 Å². The van der Waals surface area contributed by atoms with Crippen molar-refractivity contribution in [3.8, 4) is 0 Å². The van der Waals surface area contributed by atoms with Gasteiger partial charge in [-0.2, -0.15) is 0 Å². The normalized spacial score (nSPS) is 12.4. The first-order valence-electron chi connectivity index (χ1n) is 13.6. The standard InChI is InChI=1S/C32H37N3O5/c1-7-26(39-19-23-11-9-10-12-24(23)31(38)40-32(4,5)6)22-15-13-21(14-16-22)18-35-27(8-2)34-28-20(3)17-25(30(36)37)33-29(28)35/h9-17,26H,7-8,18-19H2,1-6H3,(H,36,37). The second-order valence-electron chi connectivity index (χ2n) is 10.9. The monoisotopic (exact) mass is 543 g/mol. The Kier molecular flexibility index (Phi) is 8.69. The van der Waals surface area contributed by atoms with E-state index < -0.39 is 11.6 Å². The quantitative estimate of drug-likeness (QED) is 0.223. The van der Waals surface area contributed by atoms with Crippen LogP contribution in [-0.4, -0.2) is 37.2 Å². The molecular formula is C32H37N3O5. The lowest BCUT2D eigenvalue weighted by Gasteiger charge is -2.21. The van der Waals surface area contributed by atoms with E-state index in [9.17, 15) is 14.7 Å². The van der Waals surface area contributed by atoms with Gasteiger partial charge in [-0.05, 0) is 68.5 Å². The molecular weight excluding hydrogens is 506 g/mol. The highest BCUT2D eigenvalue weighted by atomic mass is 16.6. The summed E-state index contributed by atoms with van der Waals surface area (Å²) >= 11 is 0. The smallest absolute Gasteiger partial charge is 0.354 e. The number of rotatable bonds is 10. The number of carboxylic acid groups (broad SMARTS) is 1. The van der Waals surface area contributed by atoms with E-state index >= 15 is 0 Å². The summed E-state index contributed by atoms with van der Waals surface area (Å²) in [6, 6.07) is 17.1. The SMILES string of the molecule is CCc1nc2c(C)cc(C(=O)O)nc2n1Cc1ccc(C(CC)OCc2ccccc2C(=O)OC(C)(C)C)cc1. The number of aromatic carboxylic acids is 1. The molecule has 1 N–H and O–H groups in total. The van der Waals surface area contributed by atoms with Crippen LogP contribution in [-0.2, 0) is 29.0 Å². The van der Waals surface area contributed by atoms with Gasteiger partial charge in [-0.1, -0.05) is 56.3 Å². The summed E-state index contributed by atoms with van der Waals surface area (Å²) in [4.78, 5) is 33.4. The van der Waals surface area contributed by atoms with Crippen LogP contribution in [0, 0.1) is 6.92 Å². The van der Waals surface area contributed by atoms with E-state index in [0.29, 0.717) is 24.2 Å². The van der Waals surface area contributed by atoms with Gasteiger partial charge in [0.2, 0.25) is 0 Å². The number of hydrogen-bond donors (Lipinski definition) is 1. The maximum atomic E-state index is 12.7.